The van der Waals surface area contributed by atoms with Crippen molar-refractivity contribution in [3.05, 3.63) is 42.5 Å². The number of nitrogens with zero attached hydrogens (tertiary/aromatic N) is 5. The molecule has 7 heteroatoms. The highest BCUT2D eigenvalue weighted by Gasteiger charge is 2.23. The first-order chi connectivity index (χ1) is 13.7. The fraction of sp³-hybridized carbons (Fsp3) is 0.571. The minimum absolute atomic E-state index is 0.113. The lowest BCUT2D eigenvalue weighted by molar-refractivity contribution is -0.132. The van der Waals surface area contributed by atoms with Crippen molar-refractivity contribution in [1.82, 2.24) is 24.6 Å². The monoisotopic (exact) mass is 385 g/mol. The maximum absolute atomic E-state index is 12.6. The van der Waals surface area contributed by atoms with Gasteiger partial charge in [-0.3, -0.25) is 4.79 Å². The van der Waals surface area contributed by atoms with Gasteiger partial charge in [0.2, 0.25) is 5.91 Å². The molecular weight excluding hydrogens is 354 g/mol. The van der Waals surface area contributed by atoms with E-state index in [9.17, 15) is 4.79 Å². The van der Waals surface area contributed by atoms with Gasteiger partial charge in [0.25, 0.3) is 0 Å². The van der Waals surface area contributed by atoms with Gasteiger partial charge in [-0.1, -0.05) is 12.1 Å². The van der Waals surface area contributed by atoms with E-state index in [1.165, 1.54) is 24.7 Å². The van der Waals surface area contributed by atoms with E-state index in [0.717, 1.165) is 44.9 Å². The second kappa shape index (κ2) is 10.2. The Morgan fingerprint density at radius 3 is 3.04 bits per heavy atom. The predicted octanol–water partition coefficient (Wildman–Crippen LogP) is 2.09. The molecule has 1 aliphatic heterocycles. The van der Waals surface area contributed by atoms with E-state index in [1.54, 1.807) is 18.1 Å². The molecule has 2 aromatic rings. The van der Waals surface area contributed by atoms with Crippen LogP contribution in [0.4, 0.5) is 0 Å². The third-order valence-electron chi connectivity index (χ3n) is 5.43. The number of carbonyl (C=O) groups excluding carboxylic acids is 1. The van der Waals surface area contributed by atoms with Crippen molar-refractivity contribution in [1.29, 1.82) is 0 Å². The third kappa shape index (κ3) is 5.79. The summed E-state index contributed by atoms with van der Waals surface area (Å²) in [5.74, 6) is 1.55. The van der Waals surface area contributed by atoms with Crippen molar-refractivity contribution in [2.45, 2.75) is 32.7 Å². The van der Waals surface area contributed by atoms with Gasteiger partial charge in [-0.2, -0.15) is 5.10 Å². The van der Waals surface area contributed by atoms with E-state index in [4.69, 9.17) is 4.74 Å². The highest BCUT2D eigenvalue weighted by molar-refractivity contribution is 5.75. The molecule has 1 fully saturated rings. The van der Waals surface area contributed by atoms with Crippen LogP contribution >= 0.6 is 0 Å². The van der Waals surface area contributed by atoms with Crippen LogP contribution in [0.15, 0.2) is 36.9 Å². The molecule has 0 N–H and O–H groups in total. The topological polar surface area (TPSA) is 63.5 Å². The predicted molar refractivity (Wildman–Crippen MR) is 108 cm³/mol. The number of likely N-dealkylation sites (tertiary alicyclic amines) is 1. The summed E-state index contributed by atoms with van der Waals surface area (Å²) >= 11 is 0. The summed E-state index contributed by atoms with van der Waals surface area (Å²) in [6.45, 7) is 7.09. The van der Waals surface area contributed by atoms with Gasteiger partial charge in [-0.05, 0) is 56.3 Å². The molecular formula is C21H31N5O2. The molecule has 1 aromatic carbocycles. The number of hydrogen-bond acceptors (Lipinski definition) is 5. The number of amides is 1. The van der Waals surface area contributed by atoms with Gasteiger partial charge in [-0.25, -0.2) is 9.67 Å². The molecule has 28 heavy (non-hydrogen) atoms. The molecule has 0 aliphatic carbocycles. The zero-order chi connectivity index (χ0) is 19.8. The quantitative estimate of drug-likeness (QED) is 0.661. The van der Waals surface area contributed by atoms with Gasteiger partial charge >= 0.3 is 0 Å². The lowest BCUT2D eigenvalue weighted by Crippen LogP contribution is -2.44. The van der Waals surface area contributed by atoms with Crippen LogP contribution in [0.3, 0.4) is 0 Å². The van der Waals surface area contributed by atoms with Crippen molar-refractivity contribution < 1.29 is 9.53 Å². The molecule has 0 unspecified atom stereocenters. The SMILES string of the molecule is CCN(C[C@H]1CCCN(CCc2cccc(OC)c2)C1)C(=O)Cn1cncn1. The van der Waals surface area contributed by atoms with E-state index in [1.807, 2.05) is 24.0 Å². The Morgan fingerprint density at radius 2 is 2.29 bits per heavy atom. The number of carbonyl (C=O) groups is 1. The van der Waals surface area contributed by atoms with E-state index in [-0.39, 0.29) is 12.5 Å². The largest absolute Gasteiger partial charge is 0.497 e. The average molecular weight is 386 g/mol. The molecule has 1 atom stereocenters. The summed E-state index contributed by atoms with van der Waals surface area (Å²) in [5.41, 5.74) is 1.31. The molecule has 0 spiro atoms. The fourth-order valence-electron chi connectivity index (χ4n) is 3.89. The molecule has 3 rings (SSSR count). The second-order valence-electron chi connectivity index (χ2n) is 7.44. The molecule has 152 valence electrons. The van der Waals surface area contributed by atoms with Crippen LogP contribution in [0.2, 0.25) is 0 Å². The first kappa shape index (κ1) is 20.3. The third-order valence-corrected chi connectivity index (χ3v) is 5.43. The molecule has 7 nitrogen and oxygen atoms in total. The van der Waals surface area contributed by atoms with Crippen molar-refractivity contribution in [2.75, 3.05) is 39.8 Å². The normalized spacial score (nSPS) is 17.4. The van der Waals surface area contributed by atoms with E-state index >= 15 is 0 Å². The molecule has 1 amide bonds. The maximum atomic E-state index is 12.6. The zero-order valence-corrected chi connectivity index (χ0v) is 17.0. The van der Waals surface area contributed by atoms with Gasteiger partial charge in [0.15, 0.2) is 0 Å². The summed E-state index contributed by atoms with van der Waals surface area (Å²) in [7, 11) is 1.71. The van der Waals surface area contributed by atoms with E-state index in [2.05, 4.69) is 27.1 Å². The number of methoxy groups -OCH3 is 1. The molecule has 1 aliphatic rings. The Bertz CT molecular complexity index is 734. The van der Waals surface area contributed by atoms with Crippen LogP contribution in [0, 0.1) is 5.92 Å². The van der Waals surface area contributed by atoms with Gasteiger partial charge < -0.3 is 14.5 Å². The first-order valence-electron chi connectivity index (χ1n) is 10.1. The van der Waals surface area contributed by atoms with E-state index < -0.39 is 0 Å². The van der Waals surface area contributed by atoms with Crippen LogP contribution in [0.5, 0.6) is 5.75 Å². The Kier molecular flexibility index (Phi) is 7.42. The summed E-state index contributed by atoms with van der Waals surface area (Å²) < 4.78 is 6.91. The van der Waals surface area contributed by atoms with Gasteiger partial charge in [0.05, 0.1) is 7.11 Å². The number of rotatable bonds is 9. The number of ether oxygens (including phenoxy) is 1. The minimum Gasteiger partial charge on any atom is -0.497 e. The summed E-state index contributed by atoms with van der Waals surface area (Å²) in [6, 6.07) is 8.30. The fourth-order valence-corrected chi connectivity index (χ4v) is 3.89. The van der Waals surface area contributed by atoms with Crippen molar-refractivity contribution in [3.8, 4) is 5.75 Å². The van der Waals surface area contributed by atoms with Gasteiger partial charge in [0, 0.05) is 26.2 Å². The Labute approximate surface area is 167 Å². The Balaban J connectivity index is 1.48. The Hall–Kier alpha value is -2.41. The number of piperidine rings is 1. The Morgan fingerprint density at radius 1 is 1.39 bits per heavy atom. The molecule has 1 saturated heterocycles. The van der Waals surface area contributed by atoms with Crippen LogP contribution < -0.4 is 4.74 Å². The lowest BCUT2D eigenvalue weighted by Gasteiger charge is -2.35. The van der Waals surface area contributed by atoms with E-state index in [0.29, 0.717) is 5.92 Å². The number of hydrogen-bond donors (Lipinski definition) is 0. The summed E-state index contributed by atoms with van der Waals surface area (Å²) in [5, 5.41) is 4.04. The van der Waals surface area contributed by atoms with Crippen LogP contribution in [-0.2, 0) is 17.8 Å². The molecule has 2 heterocycles. The number of benzene rings is 1. The highest BCUT2D eigenvalue weighted by Crippen LogP contribution is 2.19. The maximum Gasteiger partial charge on any atom is 0.244 e. The number of aromatic nitrogens is 3. The highest BCUT2D eigenvalue weighted by atomic mass is 16.5. The molecule has 0 bridgehead atoms. The lowest BCUT2D eigenvalue weighted by atomic mass is 9.96. The molecule has 0 saturated carbocycles. The van der Waals surface area contributed by atoms with Crippen LogP contribution in [0.25, 0.3) is 0 Å². The first-order valence-corrected chi connectivity index (χ1v) is 10.1. The van der Waals surface area contributed by atoms with Crippen molar-refractivity contribution >= 4 is 5.91 Å². The summed E-state index contributed by atoms with van der Waals surface area (Å²) in [6.07, 6.45) is 6.45. The number of likely N-dealkylation sites (N-methyl/N-ethyl adjacent to an activating group) is 1. The van der Waals surface area contributed by atoms with Crippen LogP contribution in [0.1, 0.15) is 25.3 Å². The smallest absolute Gasteiger partial charge is 0.244 e. The second-order valence-corrected chi connectivity index (χ2v) is 7.44. The standard InChI is InChI=1S/C21H31N5O2/c1-3-25(21(27)15-26-17-22-16-23-26)14-19-7-5-10-24(13-19)11-9-18-6-4-8-20(12-18)28-2/h4,6,8,12,16-17,19H,3,5,7,9-11,13-15H2,1-2H3/t19-/m0/s1. The summed E-state index contributed by atoms with van der Waals surface area (Å²) in [4.78, 5) is 21.0. The molecule has 0 radical (unpaired) electrons. The average Bonchev–Trinajstić information content (AvgIpc) is 3.24. The zero-order valence-electron chi connectivity index (χ0n) is 17.0. The molecule has 1 aromatic heterocycles. The van der Waals surface area contributed by atoms with Crippen molar-refractivity contribution in [2.24, 2.45) is 5.92 Å². The van der Waals surface area contributed by atoms with Crippen LogP contribution in [-0.4, -0.2) is 70.3 Å². The minimum atomic E-state index is 0.113. The van der Waals surface area contributed by atoms with Gasteiger partial charge in [0.1, 0.15) is 24.9 Å². The van der Waals surface area contributed by atoms with Gasteiger partial charge in [-0.15, -0.1) is 0 Å². The van der Waals surface area contributed by atoms with Crippen molar-refractivity contribution in [3.63, 3.8) is 0 Å².